The standard InChI is InChI=1S/C23H22F3N3O5S2/c1-3-29(35(2,31)32)20-11-7-16(8-12-20)22(30)27-18-9-13-21(14-10-18)36(33,34)28-19-6-4-5-17(15-19)23(24,25)26/h4-15,28H,3H2,1-2H3,(H,27,30). The highest BCUT2D eigenvalue weighted by Crippen LogP contribution is 2.31. The lowest BCUT2D eigenvalue weighted by Crippen LogP contribution is -2.29. The van der Waals surface area contributed by atoms with Crippen molar-refractivity contribution >= 4 is 43.0 Å². The first-order chi connectivity index (χ1) is 16.7. The minimum Gasteiger partial charge on any atom is -0.322 e. The maximum absolute atomic E-state index is 12.9. The molecule has 3 aromatic carbocycles. The SMILES string of the molecule is CCN(c1ccc(C(=O)Nc2ccc(S(=O)(=O)Nc3cccc(C(F)(F)F)c3)cc2)cc1)S(C)(=O)=O. The minimum absolute atomic E-state index is 0.220. The van der Waals surface area contributed by atoms with Crippen molar-refractivity contribution in [2.24, 2.45) is 0 Å². The molecule has 3 rings (SSSR count). The Balaban J connectivity index is 1.71. The van der Waals surface area contributed by atoms with E-state index >= 15 is 0 Å². The molecule has 0 radical (unpaired) electrons. The van der Waals surface area contributed by atoms with Crippen LogP contribution in [0.5, 0.6) is 0 Å². The molecule has 0 fully saturated rings. The van der Waals surface area contributed by atoms with E-state index < -0.39 is 37.7 Å². The molecule has 0 aromatic heterocycles. The Labute approximate surface area is 206 Å². The van der Waals surface area contributed by atoms with Crippen LogP contribution in [0, 0.1) is 0 Å². The van der Waals surface area contributed by atoms with Gasteiger partial charge < -0.3 is 5.32 Å². The number of alkyl halides is 3. The third-order valence-electron chi connectivity index (χ3n) is 4.97. The lowest BCUT2D eigenvalue weighted by molar-refractivity contribution is -0.137. The molecule has 0 aliphatic heterocycles. The first-order valence-corrected chi connectivity index (χ1v) is 13.7. The Kier molecular flexibility index (Phi) is 7.65. The molecule has 13 heteroatoms. The predicted octanol–water partition coefficient (Wildman–Crippen LogP) is 4.54. The van der Waals surface area contributed by atoms with Crippen molar-refractivity contribution in [2.75, 3.05) is 27.1 Å². The maximum atomic E-state index is 12.9. The average Bonchev–Trinajstić information content (AvgIpc) is 2.79. The van der Waals surface area contributed by atoms with Crippen LogP contribution < -0.4 is 14.3 Å². The van der Waals surface area contributed by atoms with Crippen molar-refractivity contribution in [2.45, 2.75) is 18.0 Å². The van der Waals surface area contributed by atoms with E-state index in [4.69, 9.17) is 0 Å². The van der Waals surface area contributed by atoms with Crippen molar-refractivity contribution in [1.29, 1.82) is 0 Å². The van der Waals surface area contributed by atoms with Gasteiger partial charge in [-0.15, -0.1) is 0 Å². The predicted molar refractivity (Wildman–Crippen MR) is 131 cm³/mol. The van der Waals surface area contributed by atoms with Gasteiger partial charge in [0.15, 0.2) is 0 Å². The van der Waals surface area contributed by atoms with Gasteiger partial charge in [-0.1, -0.05) is 6.07 Å². The summed E-state index contributed by atoms with van der Waals surface area (Å²) in [5, 5.41) is 2.59. The van der Waals surface area contributed by atoms with Crippen molar-refractivity contribution in [3.05, 3.63) is 83.9 Å². The van der Waals surface area contributed by atoms with Crippen LogP contribution in [-0.4, -0.2) is 35.5 Å². The molecule has 0 atom stereocenters. The third kappa shape index (κ3) is 6.55. The van der Waals surface area contributed by atoms with Crippen molar-refractivity contribution in [1.82, 2.24) is 0 Å². The number of carbonyl (C=O) groups is 1. The normalized spacial score (nSPS) is 12.1. The second-order valence-electron chi connectivity index (χ2n) is 7.64. The van der Waals surface area contributed by atoms with Crippen LogP contribution in [0.4, 0.5) is 30.2 Å². The highest BCUT2D eigenvalue weighted by atomic mass is 32.2. The highest BCUT2D eigenvalue weighted by Gasteiger charge is 2.30. The highest BCUT2D eigenvalue weighted by molar-refractivity contribution is 7.92. The number of hydrogen-bond donors (Lipinski definition) is 2. The van der Waals surface area contributed by atoms with Gasteiger partial charge in [-0.2, -0.15) is 13.2 Å². The Hall–Kier alpha value is -3.58. The van der Waals surface area contributed by atoms with Crippen LogP contribution in [0.25, 0.3) is 0 Å². The summed E-state index contributed by atoms with van der Waals surface area (Å²) >= 11 is 0. The topological polar surface area (TPSA) is 113 Å². The molecule has 3 aromatic rings. The number of amides is 1. The van der Waals surface area contributed by atoms with E-state index in [1.807, 2.05) is 0 Å². The molecule has 0 bridgehead atoms. The van der Waals surface area contributed by atoms with Crippen LogP contribution in [0.1, 0.15) is 22.8 Å². The number of rotatable bonds is 8. The van der Waals surface area contributed by atoms with E-state index in [9.17, 15) is 34.8 Å². The minimum atomic E-state index is -4.62. The maximum Gasteiger partial charge on any atom is 0.416 e. The molecular formula is C23H22F3N3O5S2. The van der Waals surface area contributed by atoms with Crippen molar-refractivity contribution < 1.29 is 34.8 Å². The zero-order valence-corrected chi connectivity index (χ0v) is 20.7. The van der Waals surface area contributed by atoms with E-state index in [0.29, 0.717) is 11.8 Å². The van der Waals surface area contributed by atoms with Gasteiger partial charge in [0.1, 0.15) is 0 Å². The van der Waals surface area contributed by atoms with E-state index in [2.05, 4.69) is 10.0 Å². The summed E-state index contributed by atoms with van der Waals surface area (Å²) in [7, 11) is -7.65. The van der Waals surface area contributed by atoms with Crippen molar-refractivity contribution in [3.63, 3.8) is 0 Å². The van der Waals surface area contributed by atoms with Gasteiger partial charge in [0.05, 0.1) is 22.4 Å². The number of sulfonamides is 2. The molecule has 2 N–H and O–H groups in total. The van der Waals surface area contributed by atoms with Gasteiger partial charge in [-0.25, -0.2) is 16.8 Å². The molecule has 0 saturated carbocycles. The number of benzene rings is 3. The van der Waals surface area contributed by atoms with Gasteiger partial charge in [0.25, 0.3) is 15.9 Å². The molecule has 8 nitrogen and oxygen atoms in total. The smallest absolute Gasteiger partial charge is 0.322 e. The van der Waals surface area contributed by atoms with E-state index in [1.54, 1.807) is 6.92 Å². The molecular weight excluding hydrogens is 519 g/mol. The monoisotopic (exact) mass is 541 g/mol. The van der Waals surface area contributed by atoms with Gasteiger partial charge in [0.2, 0.25) is 10.0 Å². The molecule has 0 unspecified atom stereocenters. The van der Waals surface area contributed by atoms with Gasteiger partial charge >= 0.3 is 6.18 Å². The van der Waals surface area contributed by atoms with Crippen LogP contribution in [-0.2, 0) is 26.2 Å². The second kappa shape index (κ2) is 10.2. The summed E-state index contributed by atoms with van der Waals surface area (Å²) in [5.74, 6) is -0.512. The van der Waals surface area contributed by atoms with Crippen LogP contribution >= 0.6 is 0 Å². The van der Waals surface area contributed by atoms with Crippen LogP contribution in [0.15, 0.2) is 77.7 Å². The summed E-state index contributed by atoms with van der Waals surface area (Å²) in [6.07, 6.45) is -3.54. The van der Waals surface area contributed by atoms with E-state index in [0.717, 1.165) is 18.4 Å². The zero-order valence-electron chi connectivity index (χ0n) is 19.1. The quantitative estimate of drug-likeness (QED) is 0.435. The average molecular weight is 542 g/mol. The number of anilines is 3. The zero-order chi connectivity index (χ0) is 26.7. The summed E-state index contributed by atoms with van der Waals surface area (Å²) in [5.41, 5.74) is -0.324. The molecule has 0 aliphatic rings. The lowest BCUT2D eigenvalue weighted by Gasteiger charge is -2.20. The van der Waals surface area contributed by atoms with Crippen LogP contribution in [0.3, 0.4) is 0 Å². The molecule has 0 spiro atoms. The van der Waals surface area contributed by atoms with E-state index in [-0.39, 0.29) is 28.4 Å². The molecule has 0 heterocycles. The molecule has 192 valence electrons. The number of carbonyl (C=O) groups excluding carboxylic acids is 1. The Morgan fingerprint density at radius 1 is 0.889 bits per heavy atom. The summed E-state index contributed by atoms with van der Waals surface area (Å²) in [6, 6.07) is 14.7. The van der Waals surface area contributed by atoms with Gasteiger partial charge in [-0.05, 0) is 73.7 Å². The molecule has 36 heavy (non-hydrogen) atoms. The second-order valence-corrected chi connectivity index (χ2v) is 11.2. The van der Waals surface area contributed by atoms with Gasteiger partial charge in [-0.3, -0.25) is 13.8 Å². The molecule has 1 amide bonds. The number of nitrogens with zero attached hydrogens (tertiary/aromatic N) is 1. The lowest BCUT2D eigenvalue weighted by atomic mass is 10.2. The first-order valence-electron chi connectivity index (χ1n) is 10.4. The number of hydrogen-bond acceptors (Lipinski definition) is 5. The van der Waals surface area contributed by atoms with Crippen LogP contribution in [0.2, 0.25) is 0 Å². The third-order valence-corrected chi connectivity index (χ3v) is 7.64. The first kappa shape index (κ1) is 27.0. The Morgan fingerprint density at radius 2 is 1.50 bits per heavy atom. The molecule has 0 aliphatic carbocycles. The summed E-state index contributed by atoms with van der Waals surface area (Å²) < 4.78 is 90.7. The fraction of sp³-hybridized carbons (Fsp3) is 0.174. The number of halogens is 3. The van der Waals surface area contributed by atoms with Gasteiger partial charge in [0, 0.05) is 23.5 Å². The summed E-state index contributed by atoms with van der Waals surface area (Å²) in [6.45, 7) is 1.91. The summed E-state index contributed by atoms with van der Waals surface area (Å²) in [4.78, 5) is 12.3. The van der Waals surface area contributed by atoms with E-state index in [1.165, 1.54) is 58.9 Å². The Bertz CT molecular complexity index is 1460. The largest absolute Gasteiger partial charge is 0.416 e. The van der Waals surface area contributed by atoms with Crippen molar-refractivity contribution in [3.8, 4) is 0 Å². The fourth-order valence-electron chi connectivity index (χ4n) is 3.28. The fourth-order valence-corrected chi connectivity index (χ4v) is 5.30. The number of nitrogens with one attached hydrogen (secondary N) is 2. The Morgan fingerprint density at radius 3 is 2.03 bits per heavy atom. The molecule has 0 saturated heterocycles.